The number of carboxylic acids is 1. The van der Waals surface area contributed by atoms with Gasteiger partial charge in [0.05, 0.1) is 22.4 Å². The Labute approximate surface area is 221 Å². The molecule has 202 valence electrons. The summed E-state index contributed by atoms with van der Waals surface area (Å²) in [5.41, 5.74) is 5.96. The van der Waals surface area contributed by atoms with E-state index in [0.29, 0.717) is 28.6 Å². The number of likely N-dealkylation sites (tertiary alicyclic amines) is 1. The highest BCUT2D eigenvalue weighted by atomic mass is 79.9. The molecule has 3 rings (SSSR count). The molecule has 2 aromatic rings. The monoisotopic (exact) mass is 582 g/mol. The van der Waals surface area contributed by atoms with E-state index in [2.05, 4.69) is 31.1 Å². The lowest BCUT2D eigenvalue weighted by molar-refractivity contribution is -0.164. The molecule has 1 saturated heterocycles. The van der Waals surface area contributed by atoms with E-state index in [1.807, 2.05) is 0 Å². The number of halogens is 1. The number of fused-ring (bicyclic) bond motifs is 1. The second kappa shape index (κ2) is 11.7. The van der Waals surface area contributed by atoms with Gasteiger partial charge in [0.15, 0.2) is 12.2 Å². The number of aliphatic hydroxyl groups is 3. The molecular weight excluding hydrogens is 552 g/mol. The minimum atomic E-state index is -2.37. The number of carboxylic acid groups (broad SMARTS) is 1. The van der Waals surface area contributed by atoms with Gasteiger partial charge in [0.1, 0.15) is 0 Å². The van der Waals surface area contributed by atoms with Crippen LogP contribution in [0.4, 0.5) is 5.69 Å². The highest BCUT2D eigenvalue weighted by molar-refractivity contribution is 9.10. The quantitative estimate of drug-likeness (QED) is 0.178. The number of rotatable bonds is 9. The van der Waals surface area contributed by atoms with Crippen molar-refractivity contribution in [2.24, 2.45) is 5.92 Å². The van der Waals surface area contributed by atoms with Crippen LogP contribution in [0.2, 0.25) is 0 Å². The third kappa shape index (κ3) is 7.36. The zero-order valence-corrected chi connectivity index (χ0v) is 22.1. The molecule has 0 radical (unpaired) electrons. The van der Waals surface area contributed by atoms with E-state index >= 15 is 0 Å². The first-order chi connectivity index (χ1) is 17.3. The number of carbonyl (C=O) groups excluding carboxylic acids is 2. The smallest absolute Gasteiger partial charge is 0.345 e. The van der Waals surface area contributed by atoms with Crippen molar-refractivity contribution in [3.63, 3.8) is 0 Å². The molecule has 1 aliphatic heterocycles. The highest BCUT2D eigenvalue weighted by Crippen LogP contribution is 2.32. The standard InChI is InChI=1S/C24H31BrN4O8/c1-24(2,36)11-29-7-5-12(6-8-29)10-27-21(32)14-9-15(25)17(26)13-3-4-16(28-18(13)14)37-23(35)20(31)19(30)22(33)34/h3-4,9,12,19-20,30-31,36H,5-8,10-11,26H2,1-2H3,(H,27,32)(H,33,34). The number of piperidine rings is 1. The van der Waals surface area contributed by atoms with Gasteiger partial charge in [-0.25, -0.2) is 14.6 Å². The lowest BCUT2D eigenvalue weighted by Gasteiger charge is -2.35. The van der Waals surface area contributed by atoms with Gasteiger partial charge in [0.2, 0.25) is 5.88 Å². The van der Waals surface area contributed by atoms with E-state index in [-0.39, 0.29) is 22.9 Å². The van der Waals surface area contributed by atoms with Gasteiger partial charge in [-0.1, -0.05) is 0 Å². The number of hydrogen-bond acceptors (Lipinski definition) is 10. The summed E-state index contributed by atoms with van der Waals surface area (Å²) in [5, 5.41) is 41.2. The van der Waals surface area contributed by atoms with Gasteiger partial charge in [0.25, 0.3) is 5.91 Å². The minimum Gasteiger partial charge on any atom is -0.479 e. The molecule has 1 aliphatic rings. The third-order valence-corrected chi connectivity index (χ3v) is 6.71. The molecule has 7 N–H and O–H groups in total. The number of carbonyl (C=O) groups is 3. The number of ether oxygens (including phenoxy) is 1. The zero-order chi connectivity index (χ0) is 27.5. The number of amides is 1. The number of aliphatic hydroxyl groups excluding tert-OH is 2. The molecule has 13 heteroatoms. The zero-order valence-electron chi connectivity index (χ0n) is 20.5. The van der Waals surface area contributed by atoms with Crippen molar-refractivity contribution in [1.29, 1.82) is 0 Å². The van der Waals surface area contributed by atoms with Crippen LogP contribution in [0.1, 0.15) is 37.0 Å². The number of aliphatic carboxylic acids is 1. The van der Waals surface area contributed by atoms with E-state index in [4.69, 9.17) is 15.6 Å². The number of anilines is 1. The van der Waals surface area contributed by atoms with Gasteiger partial charge >= 0.3 is 11.9 Å². The fourth-order valence-electron chi connectivity index (χ4n) is 4.15. The molecule has 12 nitrogen and oxygen atoms in total. The van der Waals surface area contributed by atoms with E-state index in [1.165, 1.54) is 18.2 Å². The van der Waals surface area contributed by atoms with Crippen LogP contribution in [0.3, 0.4) is 0 Å². The number of hydrogen-bond donors (Lipinski definition) is 6. The molecule has 1 amide bonds. The molecule has 2 heterocycles. The normalized spacial score (nSPS) is 16.8. The molecule has 1 fully saturated rings. The van der Waals surface area contributed by atoms with Gasteiger partial charge in [-0.3, -0.25) is 4.79 Å². The largest absolute Gasteiger partial charge is 0.479 e. The molecule has 2 atom stereocenters. The lowest BCUT2D eigenvalue weighted by Crippen LogP contribution is -2.44. The molecule has 0 saturated carbocycles. The van der Waals surface area contributed by atoms with E-state index < -0.39 is 35.7 Å². The first-order valence-electron chi connectivity index (χ1n) is 11.7. The second-order valence-corrected chi connectivity index (χ2v) is 10.6. The van der Waals surface area contributed by atoms with Crippen molar-refractivity contribution in [2.45, 2.75) is 44.5 Å². The van der Waals surface area contributed by atoms with Crippen LogP contribution >= 0.6 is 15.9 Å². The van der Waals surface area contributed by atoms with Crippen LogP contribution in [-0.2, 0) is 9.59 Å². The Balaban J connectivity index is 1.73. The van der Waals surface area contributed by atoms with Gasteiger partial charge in [-0.05, 0) is 73.8 Å². The summed E-state index contributed by atoms with van der Waals surface area (Å²) in [4.78, 5) is 42.4. The molecular formula is C24H31BrN4O8. The van der Waals surface area contributed by atoms with E-state index in [1.54, 1.807) is 13.8 Å². The number of esters is 1. The van der Waals surface area contributed by atoms with Crippen LogP contribution in [0.5, 0.6) is 5.88 Å². The maximum atomic E-state index is 13.1. The maximum Gasteiger partial charge on any atom is 0.345 e. The first kappa shape index (κ1) is 28.7. The van der Waals surface area contributed by atoms with Crippen LogP contribution in [0.25, 0.3) is 10.9 Å². The van der Waals surface area contributed by atoms with Crippen LogP contribution in [0, 0.1) is 5.92 Å². The number of nitrogens with zero attached hydrogens (tertiary/aromatic N) is 2. The number of nitrogen functional groups attached to an aromatic ring is 1. The molecule has 1 aromatic carbocycles. The van der Waals surface area contributed by atoms with E-state index in [9.17, 15) is 29.7 Å². The van der Waals surface area contributed by atoms with Crippen molar-refractivity contribution >= 4 is 50.4 Å². The number of pyridine rings is 1. The van der Waals surface area contributed by atoms with Crippen molar-refractivity contribution in [3.05, 3.63) is 28.2 Å². The molecule has 1 aromatic heterocycles. The third-order valence-electron chi connectivity index (χ3n) is 6.06. The molecule has 37 heavy (non-hydrogen) atoms. The van der Waals surface area contributed by atoms with Gasteiger partial charge < -0.3 is 41.1 Å². The maximum absolute atomic E-state index is 13.1. The fourth-order valence-corrected chi connectivity index (χ4v) is 4.59. The SMILES string of the molecule is CC(C)(O)CN1CCC(CNC(=O)c2cc(Br)c(N)c3ccc(OC(=O)C(O)C(O)C(=O)O)nc23)CC1. The van der Waals surface area contributed by atoms with E-state index in [0.717, 1.165) is 25.9 Å². The minimum absolute atomic E-state index is 0.136. The Hall–Kier alpha value is -2.84. The number of β-amino-alcohol motifs (C(OH)–C–C–N with tert-alkyl or cyclic N) is 1. The molecule has 2 unspecified atom stereocenters. The number of benzene rings is 1. The van der Waals surface area contributed by atoms with Crippen LogP contribution in [-0.4, -0.2) is 92.1 Å². The Morgan fingerprint density at radius 2 is 1.89 bits per heavy atom. The lowest BCUT2D eigenvalue weighted by atomic mass is 9.95. The number of nitrogens with two attached hydrogens (primary N) is 1. The second-order valence-electron chi connectivity index (χ2n) is 9.76. The van der Waals surface area contributed by atoms with Crippen molar-refractivity contribution in [1.82, 2.24) is 15.2 Å². The van der Waals surface area contributed by atoms with Gasteiger partial charge in [-0.15, -0.1) is 0 Å². The summed E-state index contributed by atoms with van der Waals surface area (Å²) in [6.45, 7) is 6.21. The summed E-state index contributed by atoms with van der Waals surface area (Å²) in [6.07, 6.45) is -2.97. The van der Waals surface area contributed by atoms with Crippen molar-refractivity contribution in [2.75, 3.05) is 31.9 Å². The molecule has 0 bridgehead atoms. The Morgan fingerprint density at radius 3 is 2.49 bits per heavy atom. The summed E-state index contributed by atoms with van der Waals surface area (Å²) in [7, 11) is 0. The van der Waals surface area contributed by atoms with Crippen LogP contribution in [0.15, 0.2) is 22.7 Å². The van der Waals surface area contributed by atoms with Gasteiger partial charge in [-0.2, -0.15) is 0 Å². The number of nitrogens with one attached hydrogen (secondary N) is 1. The Bertz CT molecular complexity index is 1180. The summed E-state index contributed by atoms with van der Waals surface area (Å²) >= 11 is 3.34. The summed E-state index contributed by atoms with van der Waals surface area (Å²) < 4.78 is 5.40. The fraction of sp³-hybridized carbons (Fsp3) is 0.500. The van der Waals surface area contributed by atoms with Crippen molar-refractivity contribution in [3.8, 4) is 5.88 Å². The van der Waals surface area contributed by atoms with Gasteiger partial charge in [0, 0.05) is 29.0 Å². The first-order valence-corrected chi connectivity index (χ1v) is 12.5. The predicted molar refractivity (Wildman–Crippen MR) is 137 cm³/mol. The number of aromatic nitrogens is 1. The topological polar surface area (TPSA) is 196 Å². The van der Waals surface area contributed by atoms with Crippen molar-refractivity contribution < 1.29 is 39.5 Å². The molecule has 0 aliphatic carbocycles. The summed E-state index contributed by atoms with van der Waals surface area (Å²) in [5.74, 6) is -3.69. The van der Waals surface area contributed by atoms with Crippen LogP contribution < -0.4 is 15.8 Å². The predicted octanol–water partition coefficient (Wildman–Crippen LogP) is 0.504. The summed E-state index contributed by atoms with van der Waals surface area (Å²) in [6, 6.07) is 4.24. The Morgan fingerprint density at radius 1 is 1.24 bits per heavy atom. The molecule has 0 spiro atoms. The highest BCUT2D eigenvalue weighted by Gasteiger charge is 2.32. The average Bonchev–Trinajstić information content (AvgIpc) is 2.83. The Kier molecular flexibility index (Phi) is 9.08. The average molecular weight is 583 g/mol.